The number of nitro groups is 1. The number of nitrogens with one attached hydrogen (secondary N) is 1. The third-order valence-corrected chi connectivity index (χ3v) is 7.11. The minimum atomic E-state index is -0.371. The molecule has 0 amide bonds. The van der Waals surface area contributed by atoms with Crippen molar-refractivity contribution in [1.29, 1.82) is 0 Å². The van der Waals surface area contributed by atoms with E-state index in [9.17, 15) is 10.1 Å². The number of hydrogen-bond donors (Lipinski definition) is 1. The van der Waals surface area contributed by atoms with Crippen molar-refractivity contribution in [3.05, 3.63) is 110 Å². The number of fused-ring (bicyclic) bond motifs is 1. The second-order valence-corrected chi connectivity index (χ2v) is 9.14. The van der Waals surface area contributed by atoms with Gasteiger partial charge in [0, 0.05) is 41.2 Å². The molecule has 6 nitrogen and oxygen atoms in total. The summed E-state index contributed by atoms with van der Waals surface area (Å²) in [6.45, 7) is 4.92. The number of nitrogens with zero attached hydrogens (tertiary/aromatic N) is 3. The summed E-state index contributed by atoms with van der Waals surface area (Å²) in [4.78, 5) is 20.0. The number of aromatic nitrogens is 2. The fraction of sp³-hybridized carbons (Fsp3) is 0.148. The number of aryl methyl sites for hydroxylation is 2. The maximum absolute atomic E-state index is 11.1. The van der Waals surface area contributed by atoms with Gasteiger partial charge in [0.2, 0.25) is 0 Å². The van der Waals surface area contributed by atoms with Gasteiger partial charge in [-0.05, 0) is 66.8 Å². The molecule has 0 fully saturated rings. The fourth-order valence-electron chi connectivity index (χ4n) is 4.15. The summed E-state index contributed by atoms with van der Waals surface area (Å²) < 4.78 is 2.22. The molecule has 0 unspecified atom stereocenters. The van der Waals surface area contributed by atoms with Gasteiger partial charge < -0.3 is 9.55 Å². The van der Waals surface area contributed by atoms with Gasteiger partial charge in [-0.3, -0.25) is 10.1 Å². The van der Waals surface area contributed by atoms with Gasteiger partial charge in [-0.2, -0.15) is 0 Å². The minimum Gasteiger partial charge on any atom is -0.361 e. The molecule has 0 saturated heterocycles. The van der Waals surface area contributed by atoms with Gasteiger partial charge in [0.25, 0.3) is 5.69 Å². The van der Waals surface area contributed by atoms with Crippen molar-refractivity contribution in [2.24, 2.45) is 4.99 Å². The first-order valence-corrected chi connectivity index (χ1v) is 12.0. The summed E-state index contributed by atoms with van der Waals surface area (Å²) in [5, 5.41) is 14.4. The van der Waals surface area contributed by atoms with Crippen LogP contribution < -0.4 is 4.80 Å². The number of benzene rings is 3. The van der Waals surface area contributed by atoms with Crippen LogP contribution in [0, 0.1) is 24.0 Å². The SMILES string of the molecule is Cc1cccc(N=c2scc(-c3ccc([N+](=O)[O-])cc3)n2CCc2c[nH]c3ccccc23)c1C. The summed E-state index contributed by atoms with van der Waals surface area (Å²) in [6, 6.07) is 21.2. The van der Waals surface area contributed by atoms with Crippen molar-refractivity contribution in [3.8, 4) is 11.3 Å². The molecule has 2 aromatic heterocycles. The topological polar surface area (TPSA) is 76.2 Å². The number of non-ortho nitro benzene ring substituents is 1. The lowest BCUT2D eigenvalue weighted by atomic mass is 10.1. The smallest absolute Gasteiger partial charge is 0.269 e. The van der Waals surface area contributed by atoms with Crippen LogP contribution in [0.4, 0.5) is 11.4 Å². The van der Waals surface area contributed by atoms with Crippen molar-refractivity contribution in [2.75, 3.05) is 0 Å². The van der Waals surface area contributed by atoms with Crippen LogP contribution in [0.15, 0.2) is 83.3 Å². The normalized spacial score (nSPS) is 11.9. The molecule has 0 aliphatic rings. The lowest BCUT2D eigenvalue weighted by Crippen LogP contribution is -2.17. The lowest BCUT2D eigenvalue weighted by Gasteiger charge is -2.10. The molecule has 0 spiro atoms. The first kappa shape index (κ1) is 21.9. The molecule has 0 radical (unpaired) electrons. The Morgan fingerprint density at radius 1 is 1.03 bits per heavy atom. The van der Waals surface area contributed by atoms with E-state index in [0.29, 0.717) is 0 Å². The molecule has 0 aliphatic heterocycles. The van der Waals surface area contributed by atoms with Crippen LogP contribution in [0.3, 0.4) is 0 Å². The highest BCUT2D eigenvalue weighted by Gasteiger charge is 2.13. The molecule has 5 rings (SSSR count). The van der Waals surface area contributed by atoms with Gasteiger partial charge in [0.05, 0.1) is 16.3 Å². The highest BCUT2D eigenvalue weighted by molar-refractivity contribution is 7.07. The molecule has 0 saturated carbocycles. The van der Waals surface area contributed by atoms with Crippen molar-refractivity contribution in [2.45, 2.75) is 26.8 Å². The van der Waals surface area contributed by atoms with E-state index in [1.165, 1.54) is 16.5 Å². The summed E-state index contributed by atoms with van der Waals surface area (Å²) in [5.74, 6) is 0. The number of thiazole rings is 1. The Labute approximate surface area is 201 Å². The van der Waals surface area contributed by atoms with Crippen LogP contribution in [0.2, 0.25) is 0 Å². The third-order valence-electron chi connectivity index (χ3n) is 6.24. The highest BCUT2D eigenvalue weighted by Crippen LogP contribution is 2.26. The van der Waals surface area contributed by atoms with E-state index in [1.54, 1.807) is 23.5 Å². The summed E-state index contributed by atoms with van der Waals surface area (Å²) in [5.41, 5.74) is 7.73. The zero-order valence-corrected chi connectivity index (χ0v) is 19.8. The maximum atomic E-state index is 11.1. The van der Waals surface area contributed by atoms with Crippen LogP contribution in [-0.2, 0) is 13.0 Å². The lowest BCUT2D eigenvalue weighted by molar-refractivity contribution is -0.384. The Morgan fingerprint density at radius 3 is 2.62 bits per heavy atom. The monoisotopic (exact) mass is 468 g/mol. The molecule has 0 aliphatic carbocycles. The first-order chi connectivity index (χ1) is 16.5. The molecular weight excluding hydrogens is 444 g/mol. The van der Waals surface area contributed by atoms with Gasteiger partial charge in [-0.1, -0.05) is 30.3 Å². The molecule has 5 aromatic rings. The number of aromatic amines is 1. The van der Waals surface area contributed by atoms with Crippen LogP contribution in [0.25, 0.3) is 22.2 Å². The number of rotatable bonds is 6. The van der Waals surface area contributed by atoms with Gasteiger partial charge in [-0.15, -0.1) is 11.3 Å². The Kier molecular flexibility index (Phi) is 5.86. The van der Waals surface area contributed by atoms with Gasteiger partial charge in [-0.25, -0.2) is 4.99 Å². The number of H-pyrrole nitrogens is 1. The molecular formula is C27H24N4O2S. The standard InChI is InChI=1S/C27H24N4O2S/c1-18-6-5-9-24(19(18)2)29-27-30(15-14-21-16-28-25-8-4-3-7-23(21)25)26(17-34-27)20-10-12-22(13-11-20)31(32)33/h3-13,16-17,28H,14-15H2,1-2H3. The minimum absolute atomic E-state index is 0.0876. The van der Waals surface area contributed by atoms with Gasteiger partial charge in [0.1, 0.15) is 0 Å². The van der Waals surface area contributed by atoms with E-state index >= 15 is 0 Å². The molecule has 0 bridgehead atoms. The summed E-state index contributed by atoms with van der Waals surface area (Å²) >= 11 is 1.59. The fourth-order valence-corrected chi connectivity index (χ4v) is 5.10. The van der Waals surface area contributed by atoms with Crippen LogP contribution in [-0.4, -0.2) is 14.5 Å². The van der Waals surface area contributed by atoms with Gasteiger partial charge >= 0.3 is 0 Å². The quantitative estimate of drug-likeness (QED) is 0.222. The Bertz CT molecular complexity index is 1560. The first-order valence-electron chi connectivity index (χ1n) is 11.1. The second kappa shape index (κ2) is 9.11. The Morgan fingerprint density at radius 2 is 1.82 bits per heavy atom. The molecule has 34 heavy (non-hydrogen) atoms. The predicted octanol–water partition coefficient (Wildman–Crippen LogP) is 6.70. The van der Waals surface area contributed by atoms with Crippen LogP contribution in [0.1, 0.15) is 16.7 Å². The molecule has 7 heteroatoms. The molecule has 2 heterocycles. The van der Waals surface area contributed by atoms with E-state index in [4.69, 9.17) is 4.99 Å². The number of hydrogen-bond acceptors (Lipinski definition) is 4. The molecule has 3 aromatic carbocycles. The largest absolute Gasteiger partial charge is 0.361 e. The molecule has 0 atom stereocenters. The maximum Gasteiger partial charge on any atom is 0.269 e. The van der Waals surface area contributed by atoms with Crippen molar-refractivity contribution in [1.82, 2.24) is 9.55 Å². The van der Waals surface area contributed by atoms with Crippen LogP contribution >= 0.6 is 11.3 Å². The molecule has 170 valence electrons. The van der Waals surface area contributed by atoms with E-state index in [1.807, 2.05) is 30.3 Å². The van der Waals surface area contributed by atoms with E-state index in [2.05, 4.69) is 59.2 Å². The van der Waals surface area contributed by atoms with E-state index in [-0.39, 0.29) is 10.6 Å². The highest BCUT2D eigenvalue weighted by atomic mass is 32.1. The Hall–Kier alpha value is -3.97. The average Bonchev–Trinajstić information content (AvgIpc) is 3.44. The van der Waals surface area contributed by atoms with Crippen molar-refractivity contribution in [3.63, 3.8) is 0 Å². The summed E-state index contributed by atoms with van der Waals surface area (Å²) in [6.07, 6.45) is 2.91. The zero-order valence-electron chi connectivity index (χ0n) is 19.0. The number of para-hydroxylation sites is 1. The van der Waals surface area contributed by atoms with E-state index < -0.39 is 0 Å². The van der Waals surface area contributed by atoms with E-state index in [0.717, 1.165) is 45.8 Å². The third kappa shape index (κ3) is 4.18. The van der Waals surface area contributed by atoms with Gasteiger partial charge in [0.15, 0.2) is 4.80 Å². The predicted molar refractivity (Wildman–Crippen MR) is 138 cm³/mol. The molecule has 1 N–H and O–H groups in total. The van der Waals surface area contributed by atoms with Crippen LogP contribution in [0.5, 0.6) is 0 Å². The van der Waals surface area contributed by atoms with Crippen molar-refractivity contribution < 1.29 is 4.92 Å². The average molecular weight is 469 g/mol. The zero-order chi connectivity index (χ0) is 23.7. The number of nitro benzene ring substituents is 1. The van der Waals surface area contributed by atoms with Crippen molar-refractivity contribution >= 4 is 33.6 Å². The summed E-state index contributed by atoms with van der Waals surface area (Å²) in [7, 11) is 0. The second-order valence-electron chi connectivity index (χ2n) is 8.30. The Balaban J connectivity index is 1.58.